The smallest absolute Gasteiger partial charge is 0.339 e. The average Bonchev–Trinajstić information content (AvgIpc) is 3.10. The minimum Gasteiger partial charge on any atom is -0.507 e. The highest BCUT2D eigenvalue weighted by atomic mass is 16.6. The van der Waals surface area contributed by atoms with E-state index in [4.69, 9.17) is 0 Å². The Kier molecular flexibility index (Phi) is 3.85. The second-order valence-electron chi connectivity index (χ2n) is 8.70. The number of carbonyl (C=O) groups excluding carboxylic acids is 2. The number of hydrogen-bond acceptors (Lipinski definition) is 6. The van der Waals surface area contributed by atoms with E-state index >= 15 is 0 Å². The van der Waals surface area contributed by atoms with Crippen molar-refractivity contribution in [1.82, 2.24) is 0 Å². The Morgan fingerprint density at radius 1 is 0.941 bits per heavy atom. The van der Waals surface area contributed by atoms with E-state index in [1.54, 1.807) is 48.5 Å². The summed E-state index contributed by atoms with van der Waals surface area (Å²) in [5.74, 6) is -6.22. The summed E-state index contributed by atoms with van der Waals surface area (Å²) >= 11 is 0. The molecule has 9 nitrogen and oxygen atoms in total. The fourth-order valence-corrected chi connectivity index (χ4v) is 6.13. The van der Waals surface area contributed by atoms with Crippen LogP contribution >= 0.6 is 0 Å². The average molecular weight is 456 g/mol. The number of benzene rings is 3. The minimum absolute atomic E-state index is 0.0504. The standard InChI is InChI=1S/C25H16N2O7/c28-18-10-9-12(11-15(18)24(31)32)26-22(29)20-19-13-5-1-3-7-16(13)25(27(33)34,21(20)23(26)30)17-8-4-2-6-14(17)19/h1-11,19-21,28H,(H,31,32). The third kappa shape index (κ3) is 2.16. The van der Waals surface area contributed by atoms with Gasteiger partial charge >= 0.3 is 5.97 Å². The van der Waals surface area contributed by atoms with Gasteiger partial charge in [-0.2, -0.15) is 0 Å². The maximum absolute atomic E-state index is 13.8. The molecule has 3 aromatic carbocycles. The zero-order valence-corrected chi connectivity index (χ0v) is 17.4. The van der Waals surface area contributed by atoms with Gasteiger partial charge in [0.05, 0.1) is 11.6 Å². The van der Waals surface area contributed by atoms with Crippen molar-refractivity contribution in [3.63, 3.8) is 0 Å². The van der Waals surface area contributed by atoms with Crippen molar-refractivity contribution in [2.45, 2.75) is 11.5 Å². The third-order valence-corrected chi connectivity index (χ3v) is 7.33. The molecule has 1 aliphatic heterocycles. The molecule has 0 spiro atoms. The van der Waals surface area contributed by atoms with Gasteiger partial charge in [-0.05, 0) is 29.3 Å². The monoisotopic (exact) mass is 456 g/mol. The molecule has 34 heavy (non-hydrogen) atoms. The van der Waals surface area contributed by atoms with Gasteiger partial charge < -0.3 is 10.2 Å². The zero-order valence-electron chi connectivity index (χ0n) is 17.4. The number of carbonyl (C=O) groups is 3. The molecular weight excluding hydrogens is 440 g/mol. The first-order valence-electron chi connectivity index (χ1n) is 10.6. The number of anilines is 1. The molecule has 2 bridgehead atoms. The maximum Gasteiger partial charge on any atom is 0.339 e. The van der Waals surface area contributed by atoms with Gasteiger partial charge in [-0.3, -0.25) is 19.7 Å². The van der Waals surface area contributed by atoms with E-state index in [2.05, 4.69) is 0 Å². The lowest BCUT2D eigenvalue weighted by atomic mass is 9.51. The first-order valence-corrected chi connectivity index (χ1v) is 10.6. The van der Waals surface area contributed by atoms with Crippen molar-refractivity contribution in [3.8, 4) is 5.75 Å². The van der Waals surface area contributed by atoms with Crippen LogP contribution in [-0.4, -0.2) is 32.9 Å². The number of nitro groups is 1. The summed E-state index contributed by atoms with van der Waals surface area (Å²) in [6.45, 7) is 0. The molecule has 2 N–H and O–H groups in total. The SMILES string of the molecule is O=C(O)c1cc(N2C(=O)C3C4c5ccccc5C([N+](=O)[O-])(c5ccccc54)C3C2=O)ccc1O. The molecule has 7 rings (SSSR count). The molecule has 2 atom stereocenters. The molecule has 2 unspecified atom stereocenters. The zero-order chi connectivity index (χ0) is 23.9. The number of hydrogen-bond donors (Lipinski definition) is 2. The summed E-state index contributed by atoms with van der Waals surface area (Å²) in [7, 11) is 0. The van der Waals surface area contributed by atoms with E-state index in [0.717, 1.165) is 17.0 Å². The first-order chi connectivity index (χ1) is 16.3. The van der Waals surface area contributed by atoms with E-state index in [1.807, 2.05) is 0 Å². The lowest BCUT2D eigenvalue weighted by molar-refractivity contribution is -0.578. The topological polar surface area (TPSA) is 138 Å². The van der Waals surface area contributed by atoms with E-state index in [0.29, 0.717) is 22.3 Å². The number of aromatic carboxylic acids is 1. The summed E-state index contributed by atoms with van der Waals surface area (Å²) in [6.07, 6.45) is 0. The van der Waals surface area contributed by atoms with Crippen LogP contribution in [0.5, 0.6) is 5.75 Å². The Balaban J connectivity index is 1.63. The summed E-state index contributed by atoms with van der Waals surface area (Å²) in [4.78, 5) is 52.4. The van der Waals surface area contributed by atoms with Gasteiger partial charge in [-0.15, -0.1) is 0 Å². The van der Waals surface area contributed by atoms with Gasteiger partial charge in [0.25, 0.3) is 5.54 Å². The Labute approximate surface area is 192 Å². The van der Waals surface area contributed by atoms with Crippen molar-refractivity contribution in [2.75, 3.05) is 4.90 Å². The molecule has 168 valence electrons. The fourth-order valence-electron chi connectivity index (χ4n) is 6.13. The van der Waals surface area contributed by atoms with Gasteiger partial charge in [-0.25, -0.2) is 9.69 Å². The van der Waals surface area contributed by atoms with Crippen LogP contribution in [0.4, 0.5) is 5.69 Å². The predicted molar refractivity (Wildman–Crippen MR) is 117 cm³/mol. The van der Waals surface area contributed by atoms with Gasteiger partial charge in [0.1, 0.15) is 17.2 Å². The lowest BCUT2D eigenvalue weighted by Crippen LogP contribution is -2.57. The Morgan fingerprint density at radius 2 is 1.53 bits per heavy atom. The van der Waals surface area contributed by atoms with Crippen LogP contribution in [0.15, 0.2) is 66.7 Å². The lowest BCUT2D eigenvalue weighted by Gasteiger charge is -2.48. The number of imide groups is 1. The summed E-state index contributed by atoms with van der Waals surface area (Å²) in [5, 5.41) is 32.1. The summed E-state index contributed by atoms with van der Waals surface area (Å²) in [6, 6.07) is 17.0. The molecule has 1 heterocycles. The molecule has 9 heteroatoms. The number of aromatic hydroxyl groups is 1. The Morgan fingerprint density at radius 3 is 2.09 bits per heavy atom. The largest absolute Gasteiger partial charge is 0.507 e. The molecule has 3 aromatic rings. The van der Waals surface area contributed by atoms with E-state index in [-0.39, 0.29) is 5.69 Å². The van der Waals surface area contributed by atoms with Gasteiger partial charge in [-0.1, -0.05) is 48.5 Å². The predicted octanol–water partition coefficient (Wildman–Crippen LogP) is 2.88. The number of carboxylic acids is 1. The normalized spacial score (nSPS) is 26.1. The fraction of sp³-hybridized carbons (Fsp3) is 0.160. The molecule has 1 fully saturated rings. The van der Waals surface area contributed by atoms with Crippen LogP contribution in [0.25, 0.3) is 0 Å². The van der Waals surface area contributed by atoms with Gasteiger partial charge in [0.15, 0.2) is 0 Å². The molecule has 0 saturated carbocycles. The molecular formula is C25H16N2O7. The van der Waals surface area contributed by atoms with Gasteiger partial charge in [0.2, 0.25) is 11.8 Å². The van der Waals surface area contributed by atoms with Gasteiger partial charge in [0, 0.05) is 22.0 Å². The Hall–Kier alpha value is -4.53. The molecule has 0 radical (unpaired) electrons. The van der Waals surface area contributed by atoms with E-state index in [1.165, 1.54) is 6.07 Å². The number of rotatable bonds is 3. The van der Waals surface area contributed by atoms with Crippen LogP contribution in [0.2, 0.25) is 0 Å². The summed E-state index contributed by atoms with van der Waals surface area (Å²) < 4.78 is 0. The van der Waals surface area contributed by atoms with Crippen LogP contribution in [-0.2, 0) is 15.1 Å². The highest BCUT2D eigenvalue weighted by Crippen LogP contribution is 2.64. The highest BCUT2D eigenvalue weighted by molar-refractivity contribution is 6.24. The third-order valence-electron chi connectivity index (χ3n) is 7.33. The number of amides is 2. The van der Waals surface area contributed by atoms with E-state index in [9.17, 15) is 34.7 Å². The van der Waals surface area contributed by atoms with E-state index < -0.39 is 57.3 Å². The molecule has 2 amide bonds. The van der Waals surface area contributed by atoms with Crippen LogP contribution < -0.4 is 4.90 Å². The molecule has 1 saturated heterocycles. The summed E-state index contributed by atoms with van der Waals surface area (Å²) in [5.41, 5.74) is -0.425. The maximum atomic E-state index is 13.8. The highest BCUT2D eigenvalue weighted by Gasteiger charge is 2.74. The molecule has 3 aliphatic carbocycles. The van der Waals surface area contributed by atoms with Crippen LogP contribution in [0.3, 0.4) is 0 Å². The Bertz CT molecular complexity index is 1420. The second kappa shape index (κ2) is 6.50. The molecule has 4 aliphatic rings. The van der Waals surface area contributed by atoms with Crippen molar-refractivity contribution < 1.29 is 29.5 Å². The number of nitrogens with zero attached hydrogens (tertiary/aromatic N) is 2. The van der Waals surface area contributed by atoms with Crippen molar-refractivity contribution >= 4 is 23.5 Å². The minimum atomic E-state index is -1.96. The number of phenols is 1. The van der Waals surface area contributed by atoms with Crippen LogP contribution in [0.1, 0.15) is 38.5 Å². The number of carboxylic acid groups (broad SMARTS) is 1. The van der Waals surface area contributed by atoms with Crippen molar-refractivity contribution in [2.24, 2.45) is 11.8 Å². The second-order valence-corrected chi connectivity index (χ2v) is 8.70. The quantitative estimate of drug-likeness (QED) is 0.351. The van der Waals surface area contributed by atoms with Crippen molar-refractivity contribution in [3.05, 3.63) is 105 Å². The van der Waals surface area contributed by atoms with Crippen LogP contribution in [0, 0.1) is 22.0 Å². The van der Waals surface area contributed by atoms with Crippen molar-refractivity contribution in [1.29, 1.82) is 0 Å². The first kappa shape index (κ1) is 20.1. The molecule has 0 aromatic heterocycles.